The minimum Gasteiger partial charge on any atom is -0.310 e. The van der Waals surface area contributed by atoms with E-state index < -0.39 is 0 Å². The average molecular weight is 396 g/mol. The van der Waals surface area contributed by atoms with Crippen LogP contribution in [0.4, 0.5) is 0 Å². The lowest BCUT2D eigenvalue weighted by Crippen LogP contribution is -2.36. The van der Waals surface area contributed by atoms with Crippen molar-refractivity contribution in [3.05, 3.63) is 56.7 Å². The highest BCUT2D eigenvalue weighted by molar-refractivity contribution is 7.13. The van der Waals surface area contributed by atoms with Crippen LogP contribution >= 0.6 is 11.3 Å². The van der Waals surface area contributed by atoms with Crippen molar-refractivity contribution in [1.82, 2.24) is 25.1 Å². The third-order valence-corrected chi connectivity index (χ3v) is 6.92. The number of aromatic amines is 2. The summed E-state index contributed by atoms with van der Waals surface area (Å²) in [4.78, 5) is 24.3. The molecule has 0 amide bonds. The predicted octanol–water partition coefficient (Wildman–Crippen LogP) is 3.83. The second kappa shape index (κ2) is 7.64. The van der Waals surface area contributed by atoms with Gasteiger partial charge in [-0.25, -0.2) is 4.98 Å². The molecule has 146 valence electrons. The molecule has 0 unspecified atom stereocenters. The van der Waals surface area contributed by atoms with E-state index in [1.54, 1.807) is 11.3 Å². The molecular formula is C21H25N5OS. The SMILES string of the molecule is O=c1[nH]c(C2CCCCC2)nc2c1CN(Cc1cn[nH]c1-c1cccs1)CC2. The van der Waals surface area contributed by atoms with Crippen molar-refractivity contribution >= 4 is 11.3 Å². The van der Waals surface area contributed by atoms with Crippen LogP contribution in [-0.4, -0.2) is 31.6 Å². The molecule has 6 nitrogen and oxygen atoms in total. The zero-order valence-electron chi connectivity index (χ0n) is 15.9. The molecule has 0 spiro atoms. The van der Waals surface area contributed by atoms with Gasteiger partial charge in [0.25, 0.3) is 5.56 Å². The lowest BCUT2D eigenvalue weighted by atomic mass is 9.88. The van der Waals surface area contributed by atoms with Crippen LogP contribution in [0.2, 0.25) is 0 Å². The summed E-state index contributed by atoms with van der Waals surface area (Å²) < 4.78 is 0. The smallest absolute Gasteiger partial charge is 0.255 e. The zero-order chi connectivity index (χ0) is 18.9. The van der Waals surface area contributed by atoms with E-state index in [0.717, 1.165) is 55.1 Å². The van der Waals surface area contributed by atoms with Crippen molar-refractivity contribution in [2.75, 3.05) is 6.54 Å². The third-order valence-electron chi connectivity index (χ3n) is 6.04. The van der Waals surface area contributed by atoms with Crippen LogP contribution in [-0.2, 0) is 19.5 Å². The highest BCUT2D eigenvalue weighted by Crippen LogP contribution is 2.31. The van der Waals surface area contributed by atoms with Gasteiger partial charge in [-0.1, -0.05) is 25.3 Å². The fourth-order valence-electron chi connectivity index (χ4n) is 4.51. The fourth-order valence-corrected chi connectivity index (χ4v) is 5.27. The number of nitrogens with zero attached hydrogens (tertiary/aromatic N) is 3. The molecule has 2 aliphatic rings. The third kappa shape index (κ3) is 3.44. The van der Waals surface area contributed by atoms with E-state index in [2.05, 4.69) is 37.6 Å². The standard InChI is InChI=1S/C21H25N5OS/c27-21-16-13-26(12-15-11-22-25-19(15)18-7-4-10-28-18)9-8-17(16)23-20(24-21)14-5-2-1-3-6-14/h4,7,10-11,14H,1-3,5-6,8-9,12-13H2,(H,22,25)(H,23,24,27). The Labute approximate surface area is 168 Å². The van der Waals surface area contributed by atoms with Gasteiger partial charge in [0.1, 0.15) is 5.82 Å². The van der Waals surface area contributed by atoms with Crippen molar-refractivity contribution in [1.29, 1.82) is 0 Å². The van der Waals surface area contributed by atoms with E-state index in [-0.39, 0.29) is 5.56 Å². The van der Waals surface area contributed by atoms with Crippen LogP contribution in [0, 0.1) is 0 Å². The van der Waals surface area contributed by atoms with Gasteiger partial charge in [0, 0.05) is 37.5 Å². The Morgan fingerprint density at radius 3 is 2.96 bits per heavy atom. The average Bonchev–Trinajstić information content (AvgIpc) is 3.40. The Hall–Kier alpha value is -2.25. The number of fused-ring (bicyclic) bond motifs is 1. The van der Waals surface area contributed by atoms with Gasteiger partial charge in [0.2, 0.25) is 0 Å². The molecule has 1 aliphatic carbocycles. The molecule has 1 aliphatic heterocycles. The van der Waals surface area contributed by atoms with E-state index in [1.807, 2.05) is 6.20 Å². The monoisotopic (exact) mass is 395 g/mol. The number of thiophene rings is 1. The fraction of sp³-hybridized carbons (Fsp3) is 0.476. The Balaban J connectivity index is 1.35. The highest BCUT2D eigenvalue weighted by Gasteiger charge is 2.25. The first-order valence-electron chi connectivity index (χ1n) is 10.2. The van der Waals surface area contributed by atoms with Gasteiger partial charge in [-0.15, -0.1) is 11.3 Å². The summed E-state index contributed by atoms with van der Waals surface area (Å²) in [7, 11) is 0. The first kappa shape index (κ1) is 17.8. The van der Waals surface area contributed by atoms with Gasteiger partial charge in [0.05, 0.1) is 28.0 Å². The Morgan fingerprint density at radius 1 is 1.25 bits per heavy atom. The van der Waals surface area contributed by atoms with Crippen molar-refractivity contribution < 1.29 is 0 Å². The van der Waals surface area contributed by atoms with Crippen molar-refractivity contribution in [3.63, 3.8) is 0 Å². The van der Waals surface area contributed by atoms with Crippen LogP contribution < -0.4 is 5.56 Å². The molecule has 0 aromatic carbocycles. The first-order valence-corrected chi connectivity index (χ1v) is 11.1. The van der Waals surface area contributed by atoms with Crippen LogP contribution in [0.5, 0.6) is 0 Å². The largest absolute Gasteiger partial charge is 0.310 e. The predicted molar refractivity (Wildman–Crippen MR) is 110 cm³/mol. The van der Waals surface area contributed by atoms with Crippen LogP contribution in [0.3, 0.4) is 0 Å². The van der Waals surface area contributed by atoms with Crippen LogP contribution in [0.25, 0.3) is 10.6 Å². The van der Waals surface area contributed by atoms with Gasteiger partial charge in [-0.3, -0.25) is 14.8 Å². The number of hydrogen-bond donors (Lipinski definition) is 2. The second-order valence-corrected chi connectivity index (χ2v) is 8.87. The first-order chi connectivity index (χ1) is 13.8. The highest BCUT2D eigenvalue weighted by atomic mass is 32.1. The molecular weight excluding hydrogens is 370 g/mol. The summed E-state index contributed by atoms with van der Waals surface area (Å²) >= 11 is 1.71. The molecule has 1 saturated carbocycles. The number of nitrogens with one attached hydrogen (secondary N) is 2. The Kier molecular flexibility index (Phi) is 4.86. The topological polar surface area (TPSA) is 77.7 Å². The minimum atomic E-state index is 0.0564. The molecule has 3 aromatic heterocycles. The molecule has 0 radical (unpaired) electrons. The van der Waals surface area contributed by atoms with Gasteiger partial charge in [-0.05, 0) is 24.3 Å². The van der Waals surface area contributed by atoms with Crippen LogP contribution in [0.15, 0.2) is 28.5 Å². The minimum absolute atomic E-state index is 0.0564. The molecule has 28 heavy (non-hydrogen) atoms. The summed E-state index contributed by atoms with van der Waals surface area (Å²) in [6.45, 7) is 2.35. The summed E-state index contributed by atoms with van der Waals surface area (Å²) in [6.07, 6.45) is 8.85. The van der Waals surface area contributed by atoms with E-state index >= 15 is 0 Å². The summed E-state index contributed by atoms with van der Waals surface area (Å²) in [5, 5.41) is 9.44. The maximum atomic E-state index is 12.8. The summed E-state index contributed by atoms with van der Waals surface area (Å²) in [5.41, 5.74) is 4.16. The van der Waals surface area contributed by atoms with Crippen LogP contribution in [0.1, 0.15) is 60.7 Å². The number of H-pyrrole nitrogens is 2. The molecule has 0 saturated heterocycles. The lowest BCUT2D eigenvalue weighted by Gasteiger charge is -2.28. The lowest BCUT2D eigenvalue weighted by molar-refractivity contribution is 0.241. The van der Waals surface area contributed by atoms with Gasteiger partial charge in [-0.2, -0.15) is 5.10 Å². The second-order valence-electron chi connectivity index (χ2n) is 7.92. The molecule has 3 aromatic rings. The van der Waals surface area contributed by atoms with Crippen molar-refractivity contribution in [3.8, 4) is 10.6 Å². The number of hydrogen-bond acceptors (Lipinski definition) is 5. The maximum absolute atomic E-state index is 12.8. The van der Waals surface area contributed by atoms with E-state index in [0.29, 0.717) is 12.5 Å². The number of aromatic nitrogens is 4. The molecule has 5 rings (SSSR count). The number of rotatable bonds is 4. The van der Waals surface area contributed by atoms with E-state index in [1.165, 1.54) is 29.7 Å². The van der Waals surface area contributed by atoms with Gasteiger partial charge < -0.3 is 4.98 Å². The quantitative estimate of drug-likeness (QED) is 0.704. The van der Waals surface area contributed by atoms with Crippen molar-refractivity contribution in [2.24, 2.45) is 0 Å². The van der Waals surface area contributed by atoms with Gasteiger partial charge in [0.15, 0.2) is 0 Å². The van der Waals surface area contributed by atoms with E-state index in [4.69, 9.17) is 4.98 Å². The molecule has 4 heterocycles. The summed E-state index contributed by atoms with van der Waals surface area (Å²) in [5.74, 6) is 1.36. The summed E-state index contributed by atoms with van der Waals surface area (Å²) in [6, 6.07) is 4.16. The Bertz CT molecular complexity index is 1000. The molecule has 2 N–H and O–H groups in total. The molecule has 0 atom stereocenters. The maximum Gasteiger partial charge on any atom is 0.255 e. The van der Waals surface area contributed by atoms with Gasteiger partial charge >= 0.3 is 0 Å². The molecule has 7 heteroatoms. The van der Waals surface area contributed by atoms with Crippen molar-refractivity contribution in [2.45, 2.75) is 57.5 Å². The molecule has 0 bridgehead atoms. The zero-order valence-corrected chi connectivity index (χ0v) is 16.7. The van der Waals surface area contributed by atoms with E-state index in [9.17, 15) is 4.79 Å². The molecule has 1 fully saturated rings. The Morgan fingerprint density at radius 2 is 2.14 bits per heavy atom. The normalized spacial score (nSPS) is 18.3.